The highest BCUT2D eigenvalue weighted by Gasteiger charge is 2.21. The van der Waals surface area contributed by atoms with Crippen molar-refractivity contribution in [2.45, 2.75) is 26.8 Å². The summed E-state index contributed by atoms with van der Waals surface area (Å²) < 4.78 is 11.1. The molecule has 2 rings (SSSR count). The molecule has 0 radical (unpaired) electrons. The molecule has 0 aliphatic carbocycles. The van der Waals surface area contributed by atoms with Gasteiger partial charge in [-0.15, -0.1) is 0 Å². The average Bonchev–Trinajstić information content (AvgIpc) is 2.44. The minimum Gasteiger partial charge on any atom is -0.489 e. The second-order valence-corrected chi connectivity index (χ2v) is 6.25. The average molecular weight is 275 g/mol. The minimum atomic E-state index is 0.136. The summed E-state index contributed by atoms with van der Waals surface area (Å²) in [5.74, 6) is 0.975. The standard InChI is InChI=1S/C17H25NO2/c1-13(18-11-17(2,3)12-19-4)15-9-14-7-5-6-8-16(14)20-10-15/h5-9,13,18H,10-12H2,1-4H3/t13-/m0/s1. The van der Waals surface area contributed by atoms with E-state index in [1.807, 2.05) is 18.2 Å². The van der Waals surface area contributed by atoms with Crippen molar-refractivity contribution in [3.63, 3.8) is 0 Å². The van der Waals surface area contributed by atoms with Gasteiger partial charge in [-0.05, 0) is 24.6 Å². The Kier molecular flexibility index (Phi) is 4.84. The van der Waals surface area contributed by atoms with Crippen LogP contribution in [0.15, 0.2) is 29.8 Å². The maximum absolute atomic E-state index is 5.80. The maximum atomic E-state index is 5.80. The first kappa shape index (κ1) is 15.1. The molecule has 1 aliphatic heterocycles. The number of hydrogen-bond acceptors (Lipinski definition) is 3. The number of para-hydroxylation sites is 1. The van der Waals surface area contributed by atoms with Gasteiger partial charge in [0.05, 0.1) is 6.61 Å². The van der Waals surface area contributed by atoms with Crippen LogP contribution in [-0.2, 0) is 4.74 Å². The molecule has 0 amide bonds. The van der Waals surface area contributed by atoms with E-state index in [1.54, 1.807) is 7.11 Å². The van der Waals surface area contributed by atoms with Gasteiger partial charge in [0.15, 0.2) is 0 Å². The fourth-order valence-corrected chi connectivity index (χ4v) is 2.39. The van der Waals surface area contributed by atoms with E-state index in [9.17, 15) is 0 Å². The molecule has 0 aromatic heterocycles. The molecule has 20 heavy (non-hydrogen) atoms. The van der Waals surface area contributed by atoms with E-state index in [0.29, 0.717) is 12.6 Å². The van der Waals surface area contributed by atoms with Gasteiger partial charge in [-0.2, -0.15) is 0 Å². The number of hydrogen-bond donors (Lipinski definition) is 1. The molecule has 3 heteroatoms. The number of benzene rings is 1. The number of rotatable bonds is 6. The first-order valence-corrected chi connectivity index (χ1v) is 7.16. The quantitative estimate of drug-likeness (QED) is 0.865. The summed E-state index contributed by atoms with van der Waals surface area (Å²) >= 11 is 0. The fourth-order valence-electron chi connectivity index (χ4n) is 2.39. The smallest absolute Gasteiger partial charge is 0.127 e. The Bertz CT molecular complexity index is 480. The molecule has 1 aromatic carbocycles. The van der Waals surface area contributed by atoms with Crippen molar-refractivity contribution in [1.29, 1.82) is 0 Å². The third kappa shape index (κ3) is 3.84. The summed E-state index contributed by atoms with van der Waals surface area (Å²) in [7, 11) is 1.75. The third-order valence-corrected chi connectivity index (χ3v) is 3.63. The van der Waals surface area contributed by atoms with Crippen LogP contribution >= 0.6 is 0 Å². The van der Waals surface area contributed by atoms with E-state index in [4.69, 9.17) is 9.47 Å². The summed E-state index contributed by atoms with van der Waals surface area (Å²) in [6.07, 6.45) is 2.24. The van der Waals surface area contributed by atoms with Crippen LogP contribution in [0.2, 0.25) is 0 Å². The molecule has 0 fully saturated rings. The molecule has 0 spiro atoms. The molecule has 1 heterocycles. The lowest BCUT2D eigenvalue weighted by molar-refractivity contribution is 0.102. The van der Waals surface area contributed by atoms with Crippen molar-refractivity contribution in [2.24, 2.45) is 5.41 Å². The van der Waals surface area contributed by atoms with Crippen LogP contribution in [0.5, 0.6) is 5.75 Å². The Morgan fingerprint density at radius 2 is 2.10 bits per heavy atom. The normalized spacial score (nSPS) is 16.1. The van der Waals surface area contributed by atoms with Crippen LogP contribution in [0.1, 0.15) is 26.3 Å². The molecule has 110 valence electrons. The SMILES string of the molecule is COCC(C)(C)CN[C@@H](C)C1=Cc2ccccc2OC1. The predicted molar refractivity (Wildman–Crippen MR) is 83.0 cm³/mol. The van der Waals surface area contributed by atoms with Crippen LogP contribution in [0.4, 0.5) is 0 Å². The Balaban J connectivity index is 1.97. The summed E-state index contributed by atoms with van der Waals surface area (Å²) in [6.45, 7) is 8.93. The first-order chi connectivity index (χ1) is 9.52. The Labute approximate surface area is 122 Å². The van der Waals surface area contributed by atoms with Gasteiger partial charge in [-0.1, -0.05) is 32.0 Å². The highest BCUT2D eigenvalue weighted by molar-refractivity contribution is 5.62. The zero-order chi connectivity index (χ0) is 14.6. The summed E-state index contributed by atoms with van der Waals surface area (Å²) in [5, 5.41) is 3.58. The van der Waals surface area contributed by atoms with Crippen molar-refractivity contribution >= 4 is 6.08 Å². The Hall–Kier alpha value is -1.32. The van der Waals surface area contributed by atoms with Crippen molar-refractivity contribution in [3.8, 4) is 5.75 Å². The van der Waals surface area contributed by atoms with Crippen molar-refractivity contribution in [1.82, 2.24) is 5.32 Å². The van der Waals surface area contributed by atoms with Crippen LogP contribution < -0.4 is 10.1 Å². The topological polar surface area (TPSA) is 30.5 Å². The maximum Gasteiger partial charge on any atom is 0.127 e. The second kappa shape index (κ2) is 6.42. The van der Waals surface area contributed by atoms with Gasteiger partial charge >= 0.3 is 0 Å². The molecular formula is C17H25NO2. The molecule has 1 atom stereocenters. The number of fused-ring (bicyclic) bond motifs is 1. The van der Waals surface area contributed by atoms with E-state index in [-0.39, 0.29) is 5.41 Å². The molecule has 1 aromatic rings. The monoisotopic (exact) mass is 275 g/mol. The lowest BCUT2D eigenvalue weighted by atomic mass is 9.93. The van der Waals surface area contributed by atoms with Crippen molar-refractivity contribution < 1.29 is 9.47 Å². The first-order valence-electron chi connectivity index (χ1n) is 7.16. The van der Waals surface area contributed by atoms with Crippen LogP contribution in [-0.4, -0.2) is 32.9 Å². The zero-order valence-electron chi connectivity index (χ0n) is 12.9. The van der Waals surface area contributed by atoms with E-state index < -0.39 is 0 Å². The van der Waals surface area contributed by atoms with Crippen LogP contribution in [0.3, 0.4) is 0 Å². The van der Waals surface area contributed by atoms with Gasteiger partial charge in [-0.3, -0.25) is 0 Å². The highest BCUT2D eigenvalue weighted by Crippen LogP contribution is 2.27. The molecule has 0 bridgehead atoms. The van der Waals surface area contributed by atoms with Gasteiger partial charge in [-0.25, -0.2) is 0 Å². The molecular weight excluding hydrogens is 250 g/mol. The molecule has 1 N–H and O–H groups in total. The number of methoxy groups -OCH3 is 1. The van der Waals surface area contributed by atoms with E-state index >= 15 is 0 Å². The minimum absolute atomic E-state index is 0.136. The molecule has 1 aliphatic rings. The lowest BCUT2D eigenvalue weighted by Gasteiger charge is -2.28. The zero-order valence-corrected chi connectivity index (χ0v) is 12.9. The van der Waals surface area contributed by atoms with Gasteiger partial charge in [0.25, 0.3) is 0 Å². The van der Waals surface area contributed by atoms with Crippen LogP contribution in [0.25, 0.3) is 6.08 Å². The Morgan fingerprint density at radius 3 is 2.85 bits per heavy atom. The molecule has 0 saturated heterocycles. The Morgan fingerprint density at radius 1 is 1.35 bits per heavy atom. The summed E-state index contributed by atoms with van der Waals surface area (Å²) in [5.41, 5.74) is 2.59. The van der Waals surface area contributed by atoms with Gasteiger partial charge < -0.3 is 14.8 Å². The fraction of sp³-hybridized carbons (Fsp3) is 0.529. The highest BCUT2D eigenvalue weighted by atomic mass is 16.5. The molecule has 3 nitrogen and oxygen atoms in total. The van der Waals surface area contributed by atoms with Crippen molar-refractivity contribution in [3.05, 3.63) is 35.4 Å². The third-order valence-electron chi connectivity index (χ3n) is 3.63. The second-order valence-electron chi connectivity index (χ2n) is 6.25. The largest absolute Gasteiger partial charge is 0.489 e. The number of ether oxygens (including phenoxy) is 2. The van der Waals surface area contributed by atoms with Crippen molar-refractivity contribution in [2.75, 3.05) is 26.9 Å². The van der Waals surface area contributed by atoms with Gasteiger partial charge in [0.2, 0.25) is 0 Å². The van der Waals surface area contributed by atoms with E-state index in [0.717, 1.165) is 18.9 Å². The summed E-state index contributed by atoms with van der Waals surface area (Å²) in [4.78, 5) is 0. The van der Waals surface area contributed by atoms with E-state index in [1.165, 1.54) is 11.1 Å². The van der Waals surface area contributed by atoms with Gasteiger partial charge in [0, 0.05) is 30.7 Å². The summed E-state index contributed by atoms with van der Waals surface area (Å²) in [6, 6.07) is 8.46. The predicted octanol–water partition coefficient (Wildman–Crippen LogP) is 3.11. The van der Waals surface area contributed by atoms with Gasteiger partial charge in [0.1, 0.15) is 12.4 Å². The van der Waals surface area contributed by atoms with E-state index in [2.05, 4.69) is 38.2 Å². The molecule has 0 unspecified atom stereocenters. The van der Waals surface area contributed by atoms with Crippen LogP contribution in [0, 0.1) is 5.41 Å². The number of nitrogens with one attached hydrogen (secondary N) is 1. The lowest BCUT2D eigenvalue weighted by Crippen LogP contribution is -2.39. The molecule has 0 saturated carbocycles.